The molecule has 0 radical (unpaired) electrons. The van der Waals surface area contributed by atoms with Crippen LogP contribution in [0.15, 0.2) is 35.2 Å². The van der Waals surface area contributed by atoms with Gasteiger partial charge in [-0.05, 0) is 12.1 Å². The molecule has 0 fully saturated rings. The minimum absolute atomic E-state index is 0.136. The maximum Gasteiger partial charge on any atom is 0.234 e. The van der Waals surface area contributed by atoms with Crippen LogP contribution < -0.4 is 20.1 Å². The number of amides is 1. The lowest BCUT2D eigenvalue weighted by Crippen LogP contribution is -2.14. The highest BCUT2D eigenvalue weighted by atomic mass is 32.2. The lowest BCUT2D eigenvalue weighted by atomic mass is 10.2. The van der Waals surface area contributed by atoms with E-state index in [0.29, 0.717) is 28.9 Å². The van der Waals surface area contributed by atoms with Crippen molar-refractivity contribution in [3.63, 3.8) is 0 Å². The Hall–Kier alpha value is -2.26. The molecule has 0 saturated heterocycles. The minimum Gasteiger partial charge on any atom is -0.493 e. The first-order chi connectivity index (χ1) is 11.7. The van der Waals surface area contributed by atoms with Gasteiger partial charge in [-0.15, -0.1) is 16.8 Å². The van der Waals surface area contributed by atoms with E-state index in [1.54, 1.807) is 38.5 Å². The third kappa shape index (κ3) is 5.14. The number of ether oxygens (including phenoxy) is 2. The van der Waals surface area contributed by atoms with E-state index in [1.165, 1.54) is 23.1 Å². The van der Waals surface area contributed by atoms with Crippen LogP contribution in [-0.4, -0.2) is 42.6 Å². The van der Waals surface area contributed by atoms with Gasteiger partial charge in [-0.1, -0.05) is 29.2 Å². The Balaban J connectivity index is 1.87. The van der Waals surface area contributed by atoms with Crippen molar-refractivity contribution in [3.8, 4) is 11.5 Å². The van der Waals surface area contributed by atoms with Gasteiger partial charge in [-0.25, -0.2) is 0 Å². The van der Waals surface area contributed by atoms with Crippen molar-refractivity contribution in [2.75, 3.05) is 37.2 Å². The van der Waals surface area contributed by atoms with Gasteiger partial charge < -0.3 is 20.1 Å². The summed E-state index contributed by atoms with van der Waals surface area (Å²) in [7, 11) is 3.11. The van der Waals surface area contributed by atoms with Crippen molar-refractivity contribution >= 4 is 39.8 Å². The van der Waals surface area contributed by atoms with Crippen molar-refractivity contribution < 1.29 is 14.3 Å². The zero-order chi connectivity index (χ0) is 17.4. The maximum atomic E-state index is 12.0. The SMILES string of the molecule is C=CCNc1nnc(SCC(=O)Nc2ccc(OC)c(OC)c2)s1. The molecule has 2 rings (SSSR count). The molecule has 7 nitrogen and oxygen atoms in total. The van der Waals surface area contributed by atoms with Crippen molar-refractivity contribution in [2.45, 2.75) is 4.34 Å². The first-order valence-corrected chi connectivity index (χ1v) is 8.79. The summed E-state index contributed by atoms with van der Waals surface area (Å²) in [5.41, 5.74) is 0.642. The Morgan fingerprint density at radius 2 is 2.12 bits per heavy atom. The molecule has 0 spiro atoms. The summed E-state index contributed by atoms with van der Waals surface area (Å²) in [5, 5.41) is 14.6. The third-order valence-electron chi connectivity index (χ3n) is 2.80. The summed E-state index contributed by atoms with van der Waals surface area (Å²) in [4.78, 5) is 12.0. The van der Waals surface area contributed by atoms with Crippen molar-refractivity contribution in [2.24, 2.45) is 0 Å². The molecule has 0 aliphatic heterocycles. The largest absolute Gasteiger partial charge is 0.493 e. The fourth-order valence-corrected chi connectivity index (χ4v) is 3.30. The van der Waals surface area contributed by atoms with E-state index >= 15 is 0 Å². The average Bonchev–Trinajstić information content (AvgIpc) is 3.06. The molecule has 0 atom stereocenters. The monoisotopic (exact) mass is 366 g/mol. The number of thioether (sulfide) groups is 1. The Morgan fingerprint density at radius 1 is 1.33 bits per heavy atom. The van der Waals surface area contributed by atoms with Crippen LogP contribution in [0, 0.1) is 0 Å². The number of carbonyl (C=O) groups is 1. The highest BCUT2D eigenvalue weighted by Crippen LogP contribution is 2.30. The van der Waals surface area contributed by atoms with Crippen LogP contribution >= 0.6 is 23.1 Å². The Kier molecular flexibility index (Phi) is 6.89. The molecule has 1 aromatic heterocycles. The van der Waals surface area contributed by atoms with Gasteiger partial charge in [-0.3, -0.25) is 4.79 Å². The number of anilines is 2. The number of hydrogen-bond donors (Lipinski definition) is 2. The Labute approximate surface area is 148 Å². The lowest BCUT2D eigenvalue weighted by molar-refractivity contribution is -0.113. The molecule has 1 aromatic carbocycles. The van der Waals surface area contributed by atoms with Crippen LogP contribution in [-0.2, 0) is 4.79 Å². The highest BCUT2D eigenvalue weighted by Gasteiger charge is 2.10. The number of carbonyl (C=O) groups excluding carboxylic acids is 1. The zero-order valence-electron chi connectivity index (χ0n) is 13.4. The Bertz CT molecular complexity index is 706. The molecule has 0 aliphatic rings. The zero-order valence-corrected chi connectivity index (χ0v) is 15.0. The van der Waals surface area contributed by atoms with E-state index in [1.807, 2.05) is 0 Å². The molecule has 0 bridgehead atoms. The maximum absolute atomic E-state index is 12.0. The number of methoxy groups -OCH3 is 2. The smallest absolute Gasteiger partial charge is 0.234 e. The first kappa shape index (κ1) is 18.1. The Morgan fingerprint density at radius 3 is 2.83 bits per heavy atom. The molecule has 0 unspecified atom stereocenters. The molecular formula is C15H18N4O3S2. The molecule has 0 saturated carbocycles. The second kappa shape index (κ2) is 9.14. The summed E-state index contributed by atoms with van der Waals surface area (Å²) in [6, 6.07) is 5.21. The van der Waals surface area contributed by atoms with E-state index in [4.69, 9.17) is 9.47 Å². The van der Waals surface area contributed by atoms with Gasteiger partial charge >= 0.3 is 0 Å². The second-order valence-electron chi connectivity index (χ2n) is 4.45. The number of rotatable bonds is 9. The molecule has 9 heteroatoms. The van der Waals surface area contributed by atoms with Crippen LogP contribution in [0.1, 0.15) is 0 Å². The summed E-state index contributed by atoms with van der Waals surface area (Å²) in [5.74, 6) is 1.27. The van der Waals surface area contributed by atoms with Crippen molar-refractivity contribution in [1.82, 2.24) is 10.2 Å². The summed E-state index contributed by atoms with van der Waals surface area (Å²) in [6.07, 6.45) is 1.74. The molecule has 1 amide bonds. The number of aromatic nitrogens is 2. The number of benzene rings is 1. The van der Waals surface area contributed by atoms with Gasteiger partial charge in [-0.2, -0.15) is 0 Å². The quantitative estimate of drug-likeness (QED) is 0.521. The fourth-order valence-electron chi connectivity index (χ4n) is 1.74. The molecule has 24 heavy (non-hydrogen) atoms. The highest BCUT2D eigenvalue weighted by molar-refractivity contribution is 8.01. The predicted octanol–water partition coefficient (Wildman–Crippen LogP) is 2.88. The van der Waals surface area contributed by atoms with Gasteiger partial charge in [0.1, 0.15) is 0 Å². The van der Waals surface area contributed by atoms with E-state index in [2.05, 4.69) is 27.4 Å². The number of nitrogens with one attached hydrogen (secondary N) is 2. The van der Waals surface area contributed by atoms with Gasteiger partial charge in [0.25, 0.3) is 0 Å². The van der Waals surface area contributed by atoms with Gasteiger partial charge in [0, 0.05) is 18.3 Å². The summed E-state index contributed by atoms with van der Waals surface area (Å²) < 4.78 is 11.1. The standard InChI is InChI=1S/C15H18N4O3S2/c1-4-7-16-14-18-19-15(24-14)23-9-13(20)17-10-5-6-11(21-2)12(8-10)22-3/h4-6,8H,1,7,9H2,2-3H3,(H,16,18)(H,17,20). The predicted molar refractivity (Wildman–Crippen MR) is 97.5 cm³/mol. The summed E-state index contributed by atoms with van der Waals surface area (Å²) in [6.45, 7) is 4.25. The van der Waals surface area contributed by atoms with E-state index in [9.17, 15) is 4.79 Å². The topological polar surface area (TPSA) is 85.4 Å². The second-order valence-corrected chi connectivity index (χ2v) is 6.65. The summed E-state index contributed by atoms with van der Waals surface area (Å²) >= 11 is 2.73. The molecule has 2 N–H and O–H groups in total. The first-order valence-electron chi connectivity index (χ1n) is 6.99. The molecular weight excluding hydrogens is 348 g/mol. The number of hydrogen-bond acceptors (Lipinski definition) is 8. The minimum atomic E-state index is -0.136. The van der Waals surface area contributed by atoms with Gasteiger partial charge in [0.15, 0.2) is 15.8 Å². The van der Waals surface area contributed by atoms with Crippen LogP contribution in [0.4, 0.5) is 10.8 Å². The van der Waals surface area contributed by atoms with E-state index in [-0.39, 0.29) is 11.7 Å². The van der Waals surface area contributed by atoms with Gasteiger partial charge in [0.2, 0.25) is 11.0 Å². The lowest BCUT2D eigenvalue weighted by Gasteiger charge is -2.10. The van der Waals surface area contributed by atoms with Crippen LogP contribution in [0.25, 0.3) is 0 Å². The van der Waals surface area contributed by atoms with E-state index in [0.717, 1.165) is 4.34 Å². The molecule has 2 aromatic rings. The van der Waals surface area contributed by atoms with Gasteiger partial charge in [0.05, 0.1) is 20.0 Å². The van der Waals surface area contributed by atoms with E-state index < -0.39 is 0 Å². The molecule has 128 valence electrons. The van der Waals surface area contributed by atoms with Crippen LogP contribution in [0.2, 0.25) is 0 Å². The molecule has 1 heterocycles. The van der Waals surface area contributed by atoms with Crippen molar-refractivity contribution in [1.29, 1.82) is 0 Å². The van der Waals surface area contributed by atoms with Crippen LogP contribution in [0.3, 0.4) is 0 Å². The normalized spacial score (nSPS) is 10.1. The third-order valence-corrected chi connectivity index (χ3v) is 4.81. The molecule has 0 aliphatic carbocycles. The van der Waals surface area contributed by atoms with Crippen LogP contribution in [0.5, 0.6) is 11.5 Å². The fraction of sp³-hybridized carbons (Fsp3) is 0.267. The number of nitrogens with zero attached hydrogens (tertiary/aromatic N) is 2. The average molecular weight is 366 g/mol. The van der Waals surface area contributed by atoms with Crippen molar-refractivity contribution in [3.05, 3.63) is 30.9 Å².